The van der Waals surface area contributed by atoms with Gasteiger partial charge in [-0.25, -0.2) is 4.79 Å². The van der Waals surface area contributed by atoms with Crippen LogP contribution in [0.1, 0.15) is 5.56 Å². The molecule has 2 atom stereocenters. The molecule has 0 bridgehead atoms. The van der Waals surface area contributed by atoms with E-state index in [0.717, 1.165) is 6.42 Å². The Balaban J connectivity index is 1.80. The van der Waals surface area contributed by atoms with E-state index >= 15 is 0 Å². The highest BCUT2D eigenvalue weighted by Crippen LogP contribution is 2.19. The van der Waals surface area contributed by atoms with Crippen molar-refractivity contribution in [2.24, 2.45) is 5.92 Å². The number of ether oxygens (including phenoxy) is 1. The molecule has 6 nitrogen and oxygen atoms in total. The number of urea groups is 1. The number of thiophene rings is 1. The molecule has 20 heavy (non-hydrogen) atoms. The molecule has 7 heteroatoms. The van der Waals surface area contributed by atoms with Crippen molar-refractivity contribution in [3.05, 3.63) is 22.4 Å². The van der Waals surface area contributed by atoms with Crippen LogP contribution in [-0.4, -0.2) is 54.9 Å². The van der Waals surface area contributed by atoms with Crippen LogP contribution < -0.4 is 5.32 Å². The second-order valence-corrected chi connectivity index (χ2v) is 5.55. The van der Waals surface area contributed by atoms with E-state index in [4.69, 9.17) is 9.84 Å². The van der Waals surface area contributed by atoms with Crippen molar-refractivity contribution in [1.82, 2.24) is 10.2 Å². The zero-order valence-electron chi connectivity index (χ0n) is 11.2. The molecule has 2 N–H and O–H groups in total. The van der Waals surface area contributed by atoms with Crippen LogP contribution in [0.4, 0.5) is 4.79 Å². The highest BCUT2D eigenvalue weighted by atomic mass is 32.1. The number of likely N-dealkylation sites (N-methyl/N-ethyl adjacent to an activating group) is 1. The summed E-state index contributed by atoms with van der Waals surface area (Å²) in [5.41, 5.74) is 1.19. The lowest BCUT2D eigenvalue weighted by atomic mass is 10.0. The molecule has 2 unspecified atom stereocenters. The van der Waals surface area contributed by atoms with Crippen LogP contribution in [0.5, 0.6) is 0 Å². The lowest BCUT2D eigenvalue weighted by Crippen LogP contribution is -2.48. The Hall–Kier alpha value is -1.60. The first-order chi connectivity index (χ1) is 9.59. The van der Waals surface area contributed by atoms with E-state index in [1.54, 1.807) is 18.4 Å². The van der Waals surface area contributed by atoms with Crippen LogP contribution >= 0.6 is 11.3 Å². The quantitative estimate of drug-likeness (QED) is 0.851. The van der Waals surface area contributed by atoms with Gasteiger partial charge in [0.1, 0.15) is 5.92 Å². The van der Waals surface area contributed by atoms with Crippen molar-refractivity contribution in [3.8, 4) is 0 Å². The van der Waals surface area contributed by atoms with Crippen LogP contribution in [0.25, 0.3) is 0 Å². The van der Waals surface area contributed by atoms with E-state index in [9.17, 15) is 9.59 Å². The van der Waals surface area contributed by atoms with E-state index in [1.165, 1.54) is 10.5 Å². The number of hydrogen-bond donors (Lipinski definition) is 2. The Labute approximate surface area is 121 Å². The van der Waals surface area contributed by atoms with Gasteiger partial charge >= 0.3 is 12.0 Å². The third kappa shape index (κ3) is 3.49. The second-order valence-electron chi connectivity index (χ2n) is 4.77. The molecule has 0 radical (unpaired) electrons. The molecule has 2 rings (SSSR count). The number of carboxylic acid groups (broad SMARTS) is 1. The molecule has 2 amide bonds. The predicted octanol–water partition coefficient (Wildman–Crippen LogP) is 1.03. The largest absolute Gasteiger partial charge is 0.481 e. The first kappa shape index (κ1) is 14.8. The molecule has 1 fully saturated rings. The van der Waals surface area contributed by atoms with Crippen LogP contribution in [0.3, 0.4) is 0 Å². The van der Waals surface area contributed by atoms with Crippen LogP contribution in [-0.2, 0) is 16.0 Å². The Morgan fingerprint density at radius 2 is 2.35 bits per heavy atom. The molecule has 0 spiro atoms. The summed E-state index contributed by atoms with van der Waals surface area (Å²) in [4.78, 5) is 24.5. The van der Waals surface area contributed by atoms with E-state index in [2.05, 4.69) is 5.32 Å². The summed E-state index contributed by atoms with van der Waals surface area (Å²) in [7, 11) is 1.61. The summed E-state index contributed by atoms with van der Waals surface area (Å²) in [6, 6.07) is 1.35. The zero-order chi connectivity index (χ0) is 14.5. The smallest absolute Gasteiger partial charge is 0.317 e. The van der Waals surface area contributed by atoms with Crippen molar-refractivity contribution < 1.29 is 19.4 Å². The van der Waals surface area contributed by atoms with Crippen molar-refractivity contribution >= 4 is 23.3 Å². The Kier molecular flexibility index (Phi) is 4.97. The molecule has 1 aromatic rings. The standard InChI is InChI=1S/C13H18N2O4S/c1-15(11-7-19-6-10(11)12(16)17)13(18)14-4-2-9-3-5-20-8-9/h3,5,8,10-11H,2,4,6-7H2,1H3,(H,14,18)(H,16,17). The highest BCUT2D eigenvalue weighted by molar-refractivity contribution is 7.07. The summed E-state index contributed by atoms with van der Waals surface area (Å²) in [5, 5.41) is 15.9. The molecule has 1 saturated heterocycles. The maximum atomic E-state index is 12.0. The maximum Gasteiger partial charge on any atom is 0.317 e. The Bertz CT molecular complexity index is 463. The number of aliphatic carboxylic acids is 1. The molecule has 1 aliphatic rings. The fourth-order valence-electron chi connectivity index (χ4n) is 2.18. The van der Waals surface area contributed by atoms with Crippen molar-refractivity contribution in [3.63, 3.8) is 0 Å². The minimum Gasteiger partial charge on any atom is -0.481 e. The Morgan fingerprint density at radius 1 is 1.55 bits per heavy atom. The summed E-state index contributed by atoms with van der Waals surface area (Å²) in [6.45, 7) is 0.961. The van der Waals surface area contributed by atoms with Crippen molar-refractivity contribution in [2.45, 2.75) is 12.5 Å². The van der Waals surface area contributed by atoms with Crippen LogP contribution in [0, 0.1) is 5.92 Å². The van der Waals surface area contributed by atoms with Gasteiger partial charge in [-0.15, -0.1) is 0 Å². The first-order valence-corrected chi connectivity index (χ1v) is 7.36. The number of carbonyl (C=O) groups is 2. The van der Waals surface area contributed by atoms with Gasteiger partial charge in [0.25, 0.3) is 0 Å². The van der Waals surface area contributed by atoms with Gasteiger partial charge in [-0.1, -0.05) is 0 Å². The predicted molar refractivity (Wildman–Crippen MR) is 74.9 cm³/mol. The van der Waals surface area contributed by atoms with Gasteiger partial charge in [0.15, 0.2) is 0 Å². The van der Waals surface area contributed by atoms with Gasteiger partial charge in [-0.3, -0.25) is 4.79 Å². The van der Waals surface area contributed by atoms with Gasteiger partial charge < -0.3 is 20.1 Å². The topological polar surface area (TPSA) is 78.9 Å². The molecule has 0 saturated carbocycles. The molecular weight excluding hydrogens is 280 g/mol. The average Bonchev–Trinajstić information content (AvgIpc) is 3.08. The van der Waals surface area contributed by atoms with Gasteiger partial charge in [0, 0.05) is 13.6 Å². The Morgan fingerprint density at radius 3 is 3.00 bits per heavy atom. The molecule has 110 valence electrons. The summed E-state index contributed by atoms with van der Waals surface area (Å²) >= 11 is 1.62. The van der Waals surface area contributed by atoms with E-state index in [1.807, 2.05) is 16.8 Å². The minimum atomic E-state index is -0.926. The number of hydrogen-bond acceptors (Lipinski definition) is 4. The fraction of sp³-hybridized carbons (Fsp3) is 0.538. The summed E-state index contributed by atoms with van der Waals surface area (Å²) in [6.07, 6.45) is 0.770. The lowest BCUT2D eigenvalue weighted by molar-refractivity contribution is -0.142. The van der Waals surface area contributed by atoms with Gasteiger partial charge in [0.05, 0.1) is 19.3 Å². The molecule has 1 aliphatic heterocycles. The van der Waals surface area contributed by atoms with E-state index in [0.29, 0.717) is 6.54 Å². The number of rotatable bonds is 5. The lowest BCUT2D eigenvalue weighted by Gasteiger charge is -2.26. The number of carbonyl (C=O) groups excluding carboxylic acids is 1. The third-order valence-corrected chi connectivity index (χ3v) is 4.19. The number of amides is 2. The van der Waals surface area contributed by atoms with Crippen LogP contribution in [0.15, 0.2) is 16.8 Å². The van der Waals surface area contributed by atoms with Gasteiger partial charge in [0.2, 0.25) is 0 Å². The van der Waals surface area contributed by atoms with Crippen LogP contribution in [0.2, 0.25) is 0 Å². The molecule has 1 aromatic heterocycles. The SMILES string of the molecule is CN(C(=O)NCCc1ccsc1)C1COCC1C(=O)O. The summed E-state index contributed by atoms with van der Waals surface area (Å²) in [5.74, 6) is -1.58. The fourth-order valence-corrected chi connectivity index (χ4v) is 2.89. The maximum absolute atomic E-state index is 12.0. The van der Waals surface area contributed by atoms with Gasteiger partial charge in [-0.2, -0.15) is 11.3 Å². The monoisotopic (exact) mass is 298 g/mol. The normalized spacial score (nSPS) is 21.6. The molecular formula is C13H18N2O4S. The number of nitrogens with zero attached hydrogens (tertiary/aromatic N) is 1. The number of carboxylic acids is 1. The minimum absolute atomic E-state index is 0.159. The summed E-state index contributed by atoms with van der Waals surface area (Å²) < 4.78 is 5.16. The highest BCUT2D eigenvalue weighted by Gasteiger charge is 2.38. The third-order valence-electron chi connectivity index (χ3n) is 3.46. The van der Waals surface area contributed by atoms with Gasteiger partial charge in [-0.05, 0) is 28.8 Å². The average molecular weight is 298 g/mol. The zero-order valence-corrected chi connectivity index (χ0v) is 12.1. The molecule has 0 aromatic carbocycles. The molecule has 0 aliphatic carbocycles. The van der Waals surface area contributed by atoms with E-state index in [-0.39, 0.29) is 19.2 Å². The first-order valence-electron chi connectivity index (χ1n) is 6.42. The van der Waals surface area contributed by atoms with Crippen molar-refractivity contribution in [1.29, 1.82) is 0 Å². The number of nitrogens with one attached hydrogen (secondary N) is 1. The molecule has 2 heterocycles. The second kappa shape index (κ2) is 6.71. The van der Waals surface area contributed by atoms with E-state index < -0.39 is 17.9 Å². The van der Waals surface area contributed by atoms with Crippen molar-refractivity contribution in [2.75, 3.05) is 26.8 Å².